The Morgan fingerprint density at radius 3 is 2.59 bits per heavy atom. The number of aliphatic imine (C=N–C) groups is 2. The molecule has 2 aliphatic heterocycles. The van der Waals surface area contributed by atoms with Crippen molar-refractivity contribution in [1.29, 1.82) is 0 Å². The molecule has 0 spiro atoms. The van der Waals surface area contributed by atoms with E-state index in [-0.39, 0.29) is 11.8 Å². The van der Waals surface area contributed by atoms with E-state index in [1.165, 1.54) is 11.8 Å². The minimum absolute atomic E-state index is 0.0661. The van der Waals surface area contributed by atoms with Gasteiger partial charge >= 0.3 is 0 Å². The Morgan fingerprint density at radius 2 is 1.88 bits per heavy atom. The number of benzene rings is 2. The zero-order valence-corrected chi connectivity index (χ0v) is 19.6. The topological polar surface area (TPSA) is 74.1 Å². The first-order valence-corrected chi connectivity index (χ1v) is 11.9. The lowest BCUT2D eigenvalue weighted by molar-refractivity contribution is -0.125. The van der Waals surface area contributed by atoms with Crippen LogP contribution in [0.5, 0.6) is 0 Å². The molecule has 0 unspecified atom stereocenters. The lowest BCUT2D eigenvalue weighted by Gasteiger charge is -2.27. The summed E-state index contributed by atoms with van der Waals surface area (Å²) in [5, 5.41) is 3.15. The van der Waals surface area contributed by atoms with Gasteiger partial charge in [0.1, 0.15) is 11.9 Å². The highest BCUT2D eigenvalue weighted by molar-refractivity contribution is 8.15. The molecule has 6 nitrogen and oxygen atoms in total. The summed E-state index contributed by atoms with van der Waals surface area (Å²) in [5.41, 5.74) is 3.43. The fraction of sp³-hybridized carbons (Fsp3) is 0.360. The van der Waals surface area contributed by atoms with Crippen LogP contribution in [0.25, 0.3) is 0 Å². The zero-order valence-electron chi connectivity index (χ0n) is 18.8. The summed E-state index contributed by atoms with van der Waals surface area (Å²) in [4.78, 5) is 37.5. The molecular formula is C25H28N4O2S. The fourth-order valence-electron chi connectivity index (χ4n) is 3.86. The molecule has 2 amide bonds. The summed E-state index contributed by atoms with van der Waals surface area (Å²) in [7, 11) is 0. The summed E-state index contributed by atoms with van der Waals surface area (Å²) >= 11 is 1.33. The average Bonchev–Trinajstić information content (AvgIpc) is 3.09. The largest absolute Gasteiger partial charge is 0.325 e. The second-order valence-electron chi connectivity index (χ2n) is 8.50. The Balaban J connectivity index is 1.63. The van der Waals surface area contributed by atoms with Gasteiger partial charge in [0, 0.05) is 11.3 Å². The molecular weight excluding hydrogens is 420 g/mol. The van der Waals surface area contributed by atoms with E-state index in [1.54, 1.807) is 4.90 Å². The molecule has 1 N–H and O–H groups in total. The Kier molecular flexibility index (Phi) is 6.46. The van der Waals surface area contributed by atoms with Gasteiger partial charge in [0.05, 0.1) is 10.9 Å². The van der Waals surface area contributed by atoms with E-state index in [2.05, 4.69) is 19.2 Å². The molecule has 2 aromatic carbocycles. The number of rotatable bonds is 6. The number of thioether (sulfide) groups is 1. The van der Waals surface area contributed by atoms with Crippen molar-refractivity contribution in [3.05, 3.63) is 59.7 Å². The van der Waals surface area contributed by atoms with Gasteiger partial charge in [-0.15, -0.1) is 0 Å². The number of hydrogen-bond donors (Lipinski definition) is 1. The SMILES string of the molecule is CC[C@H](SC1=Nc2ccccc2C2=N[C@H](CC(C)C)C(=O)N12)C(=O)Nc1ccccc1C. The number of carbonyl (C=O) groups excluding carboxylic acids is 2. The number of nitrogens with zero attached hydrogens (tertiary/aromatic N) is 3. The Hall–Kier alpha value is -2.93. The molecule has 0 saturated carbocycles. The molecule has 0 aliphatic carbocycles. The van der Waals surface area contributed by atoms with E-state index in [0.29, 0.717) is 29.8 Å². The maximum absolute atomic E-state index is 13.3. The number of nitrogens with one attached hydrogen (secondary N) is 1. The third-order valence-electron chi connectivity index (χ3n) is 5.56. The van der Waals surface area contributed by atoms with E-state index < -0.39 is 11.3 Å². The fourth-order valence-corrected chi connectivity index (χ4v) is 4.88. The van der Waals surface area contributed by atoms with Gasteiger partial charge in [-0.1, -0.05) is 62.9 Å². The second-order valence-corrected chi connectivity index (χ2v) is 9.67. The summed E-state index contributed by atoms with van der Waals surface area (Å²) in [6, 6.07) is 15.0. The summed E-state index contributed by atoms with van der Waals surface area (Å²) in [6.45, 7) is 8.11. The second kappa shape index (κ2) is 9.28. The van der Waals surface area contributed by atoms with Gasteiger partial charge in [-0.3, -0.25) is 14.6 Å². The predicted octanol–water partition coefficient (Wildman–Crippen LogP) is 5.15. The van der Waals surface area contributed by atoms with Crippen LogP contribution in [0.4, 0.5) is 11.4 Å². The van der Waals surface area contributed by atoms with Crippen molar-refractivity contribution in [3.8, 4) is 0 Å². The molecule has 2 atom stereocenters. The first kappa shape index (κ1) is 22.3. The van der Waals surface area contributed by atoms with Crippen molar-refractivity contribution >= 4 is 46.0 Å². The van der Waals surface area contributed by atoms with Crippen molar-refractivity contribution in [2.45, 2.75) is 51.8 Å². The van der Waals surface area contributed by atoms with Crippen molar-refractivity contribution in [3.63, 3.8) is 0 Å². The van der Waals surface area contributed by atoms with Gasteiger partial charge in [-0.05, 0) is 49.4 Å². The van der Waals surface area contributed by atoms with E-state index in [9.17, 15) is 9.59 Å². The molecule has 2 heterocycles. The number of para-hydroxylation sites is 2. The van der Waals surface area contributed by atoms with E-state index in [4.69, 9.17) is 9.98 Å². The first-order valence-electron chi connectivity index (χ1n) is 11.0. The normalized spacial score (nSPS) is 18.1. The van der Waals surface area contributed by atoms with Crippen LogP contribution in [0.15, 0.2) is 58.5 Å². The van der Waals surface area contributed by atoms with Crippen LogP contribution in [0.3, 0.4) is 0 Å². The molecule has 0 bridgehead atoms. The maximum Gasteiger partial charge on any atom is 0.259 e. The third-order valence-corrected chi connectivity index (χ3v) is 6.87. The monoisotopic (exact) mass is 448 g/mol. The summed E-state index contributed by atoms with van der Waals surface area (Å²) in [6.07, 6.45) is 1.29. The molecule has 32 heavy (non-hydrogen) atoms. The van der Waals surface area contributed by atoms with Crippen molar-refractivity contribution in [1.82, 2.24) is 4.90 Å². The zero-order chi connectivity index (χ0) is 22.8. The maximum atomic E-state index is 13.3. The number of carbonyl (C=O) groups is 2. The molecule has 0 aromatic heterocycles. The van der Waals surface area contributed by atoms with Crippen LogP contribution in [-0.4, -0.2) is 39.0 Å². The minimum atomic E-state index is -0.414. The van der Waals surface area contributed by atoms with Gasteiger partial charge in [0.2, 0.25) is 5.91 Å². The molecule has 0 fully saturated rings. The van der Waals surface area contributed by atoms with E-state index in [1.807, 2.05) is 62.4 Å². The van der Waals surface area contributed by atoms with Crippen LogP contribution < -0.4 is 5.32 Å². The molecule has 7 heteroatoms. The van der Waals surface area contributed by atoms with Gasteiger partial charge in [0.25, 0.3) is 5.91 Å². The quantitative estimate of drug-likeness (QED) is 0.664. The average molecular weight is 449 g/mol. The first-order chi connectivity index (χ1) is 15.4. The highest BCUT2D eigenvalue weighted by atomic mass is 32.2. The molecule has 0 saturated heterocycles. The number of hydrogen-bond acceptors (Lipinski definition) is 5. The number of aryl methyl sites for hydroxylation is 1. The minimum Gasteiger partial charge on any atom is -0.325 e. The van der Waals surface area contributed by atoms with Crippen molar-refractivity contribution in [2.75, 3.05) is 5.32 Å². The number of anilines is 1. The van der Waals surface area contributed by atoms with Crippen molar-refractivity contribution < 1.29 is 9.59 Å². The van der Waals surface area contributed by atoms with Crippen LogP contribution in [0.2, 0.25) is 0 Å². The predicted molar refractivity (Wildman–Crippen MR) is 132 cm³/mol. The third kappa shape index (κ3) is 4.35. The number of amidine groups is 2. The summed E-state index contributed by atoms with van der Waals surface area (Å²) < 4.78 is 0. The van der Waals surface area contributed by atoms with E-state index in [0.717, 1.165) is 22.5 Å². The van der Waals surface area contributed by atoms with Crippen LogP contribution in [-0.2, 0) is 9.59 Å². The van der Waals surface area contributed by atoms with Gasteiger partial charge in [-0.25, -0.2) is 9.89 Å². The van der Waals surface area contributed by atoms with E-state index >= 15 is 0 Å². The molecule has 4 rings (SSSR count). The van der Waals surface area contributed by atoms with Crippen LogP contribution in [0, 0.1) is 12.8 Å². The van der Waals surface area contributed by atoms with Gasteiger partial charge in [0.15, 0.2) is 5.17 Å². The van der Waals surface area contributed by atoms with Crippen molar-refractivity contribution in [2.24, 2.45) is 15.9 Å². The Morgan fingerprint density at radius 1 is 1.16 bits per heavy atom. The Bertz CT molecular complexity index is 1110. The molecule has 2 aromatic rings. The number of amides is 2. The van der Waals surface area contributed by atoms with Gasteiger partial charge in [-0.2, -0.15) is 0 Å². The molecule has 0 radical (unpaired) electrons. The summed E-state index contributed by atoms with van der Waals surface area (Å²) in [5.74, 6) is 0.824. The highest BCUT2D eigenvalue weighted by Crippen LogP contribution is 2.36. The molecule has 2 aliphatic rings. The highest BCUT2D eigenvalue weighted by Gasteiger charge is 2.42. The van der Waals surface area contributed by atoms with Crippen LogP contribution in [0.1, 0.15) is 44.7 Å². The standard InChI is InChI=1S/C25H28N4O2S/c1-5-21(23(30)27-18-12-8-6-10-16(18)4)32-25-28-19-13-9-7-11-17(19)22-26-20(14-15(2)3)24(31)29(22)25/h6-13,15,20-21H,5,14H2,1-4H3,(H,27,30)/t20-,21+/m1/s1. The Labute approximate surface area is 193 Å². The molecule has 166 valence electrons. The van der Waals surface area contributed by atoms with Crippen LogP contribution >= 0.6 is 11.8 Å². The lowest BCUT2D eigenvalue weighted by Crippen LogP contribution is -2.42. The lowest BCUT2D eigenvalue weighted by atomic mass is 10.0. The smallest absolute Gasteiger partial charge is 0.259 e. The number of fused-ring (bicyclic) bond motifs is 3. The van der Waals surface area contributed by atoms with Gasteiger partial charge < -0.3 is 5.32 Å².